The number of carbonyl (C=O) groups excluding carboxylic acids is 1. The molecule has 0 atom stereocenters. The first-order valence-corrected chi connectivity index (χ1v) is 10.7. The molecule has 0 aliphatic rings. The van der Waals surface area contributed by atoms with Crippen LogP contribution >= 0.6 is 22.7 Å². The van der Waals surface area contributed by atoms with Gasteiger partial charge in [0.05, 0.1) is 10.6 Å². The van der Waals surface area contributed by atoms with Crippen molar-refractivity contribution in [3.8, 4) is 9.88 Å². The Bertz CT molecular complexity index is 1050. The number of benzene rings is 1. The second-order valence-electron chi connectivity index (χ2n) is 6.37. The topological polar surface area (TPSA) is 59.8 Å². The highest BCUT2D eigenvalue weighted by atomic mass is 32.1. The Morgan fingerprint density at radius 1 is 1.18 bits per heavy atom. The van der Waals surface area contributed by atoms with E-state index in [1.807, 2.05) is 48.8 Å². The molecule has 5 nitrogen and oxygen atoms in total. The number of thiazole rings is 1. The predicted octanol–water partition coefficient (Wildman–Crippen LogP) is 4.40. The summed E-state index contributed by atoms with van der Waals surface area (Å²) in [6.07, 6.45) is 4.47. The fourth-order valence-electron chi connectivity index (χ4n) is 2.97. The van der Waals surface area contributed by atoms with Crippen molar-refractivity contribution in [1.82, 2.24) is 19.9 Å². The van der Waals surface area contributed by atoms with E-state index in [0.29, 0.717) is 17.8 Å². The Hall–Kier alpha value is -2.77. The van der Waals surface area contributed by atoms with Crippen molar-refractivity contribution in [3.63, 3.8) is 0 Å². The highest BCUT2D eigenvalue weighted by molar-refractivity contribution is 7.22. The van der Waals surface area contributed by atoms with Crippen LogP contribution in [0.15, 0.2) is 60.2 Å². The average Bonchev–Trinajstić information content (AvgIpc) is 3.44. The van der Waals surface area contributed by atoms with E-state index in [4.69, 9.17) is 0 Å². The van der Waals surface area contributed by atoms with Gasteiger partial charge >= 0.3 is 0 Å². The number of rotatable bonds is 7. The number of aryl methyl sites for hydroxylation is 1. The number of nitrogens with one attached hydrogen (secondary N) is 1. The second-order valence-corrected chi connectivity index (χ2v) is 8.32. The maximum atomic E-state index is 12.6. The molecule has 28 heavy (non-hydrogen) atoms. The first-order valence-electron chi connectivity index (χ1n) is 9.04. The molecule has 7 heteroatoms. The number of thiophene rings is 1. The summed E-state index contributed by atoms with van der Waals surface area (Å²) in [4.78, 5) is 23.3. The van der Waals surface area contributed by atoms with E-state index in [-0.39, 0.29) is 5.91 Å². The summed E-state index contributed by atoms with van der Waals surface area (Å²) in [7, 11) is 0. The molecule has 1 amide bonds. The van der Waals surface area contributed by atoms with Crippen molar-refractivity contribution in [1.29, 1.82) is 0 Å². The molecule has 0 bridgehead atoms. The molecule has 0 unspecified atom stereocenters. The minimum atomic E-state index is -0.0704. The average molecular weight is 409 g/mol. The van der Waals surface area contributed by atoms with Gasteiger partial charge in [-0.15, -0.1) is 22.7 Å². The Morgan fingerprint density at radius 3 is 2.82 bits per heavy atom. The third-order valence-electron chi connectivity index (χ3n) is 4.37. The number of carbonyl (C=O) groups is 1. The Morgan fingerprint density at radius 2 is 2.04 bits per heavy atom. The molecule has 142 valence electrons. The molecule has 3 aromatic heterocycles. The van der Waals surface area contributed by atoms with E-state index < -0.39 is 0 Å². The van der Waals surface area contributed by atoms with E-state index in [1.165, 1.54) is 16.9 Å². The standard InChI is InChI=1S/C21H20N4OS2/c1-15-19(28-21(24-15)17-8-5-13-27-17)20(26)23-10-9-18-22-11-12-25(18)14-16-6-3-2-4-7-16/h2-8,11-13H,9-10,14H2,1H3,(H,23,26). The van der Waals surface area contributed by atoms with Gasteiger partial charge in [0.1, 0.15) is 15.7 Å². The van der Waals surface area contributed by atoms with Crippen molar-refractivity contribution in [2.45, 2.75) is 19.9 Å². The van der Waals surface area contributed by atoms with Gasteiger partial charge in [-0.25, -0.2) is 9.97 Å². The van der Waals surface area contributed by atoms with Crippen molar-refractivity contribution in [2.75, 3.05) is 6.54 Å². The van der Waals surface area contributed by atoms with Gasteiger partial charge in [0.25, 0.3) is 5.91 Å². The number of hydrogen-bond donors (Lipinski definition) is 1. The van der Waals surface area contributed by atoms with Gasteiger partial charge in [-0.3, -0.25) is 4.79 Å². The molecule has 0 spiro atoms. The van der Waals surface area contributed by atoms with Gasteiger partial charge in [0.2, 0.25) is 0 Å². The fourth-order valence-corrected chi connectivity index (χ4v) is 4.75. The van der Waals surface area contributed by atoms with E-state index in [0.717, 1.165) is 27.9 Å². The van der Waals surface area contributed by atoms with Crippen LogP contribution in [-0.2, 0) is 13.0 Å². The quantitative estimate of drug-likeness (QED) is 0.493. The second kappa shape index (κ2) is 8.50. The highest BCUT2D eigenvalue weighted by Crippen LogP contribution is 2.30. The summed E-state index contributed by atoms with van der Waals surface area (Å²) in [6, 6.07) is 14.3. The first kappa shape index (κ1) is 18.6. The molecule has 0 fully saturated rings. The lowest BCUT2D eigenvalue weighted by Gasteiger charge is -2.09. The van der Waals surface area contributed by atoms with Crippen LogP contribution in [0, 0.1) is 6.92 Å². The third kappa shape index (κ3) is 4.21. The number of amides is 1. The summed E-state index contributed by atoms with van der Waals surface area (Å²) in [6.45, 7) is 3.20. The van der Waals surface area contributed by atoms with Crippen molar-refractivity contribution in [2.24, 2.45) is 0 Å². The zero-order valence-corrected chi connectivity index (χ0v) is 17.1. The molecule has 4 rings (SSSR count). The van der Waals surface area contributed by atoms with Crippen molar-refractivity contribution in [3.05, 3.63) is 82.2 Å². The maximum Gasteiger partial charge on any atom is 0.263 e. The first-order chi connectivity index (χ1) is 13.7. The SMILES string of the molecule is Cc1nc(-c2cccs2)sc1C(=O)NCCc1nccn1Cc1ccccc1. The van der Waals surface area contributed by atoms with Gasteiger partial charge in [-0.05, 0) is 23.9 Å². The molecule has 0 radical (unpaired) electrons. The summed E-state index contributed by atoms with van der Waals surface area (Å²) in [5, 5.41) is 5.93. The molecule has 1 N–H and O–H groups in total. The highest BCUT2D eigenvalue weighted by Gasteiger charge is 2.16. The fraction of sp³-hybridized carbons (Fsp3) is 0.190. The number of hydrogen-bond acceptors (Lipinski definition) is 5. The minimum Gasteiger partial charge on any atom is -0.351 e. The third-order valence-corrected chi connectivity index (χ3v) is 6.56. The van der Waals surface area contributed by atoms with E-state index in [2.05, 4.69) is 32.0 Å². The van der Waals surface area contributed by atoms with Gasteiger partial charge in [-0.2, -0.15) is 0 Å². The number of aromatic nitrogens is 3. The van der Waals surface area contributed by atoms with Crippen LogP contribution in [0.5, 0.6) is 0 Å². The molecular weight excluding hydrogens is 388 g/mol. The van der Waals surface area contributed by atoms with Crippen molar-refractivity contribution >= 4 is 28.6 Å². The van der Waals surface area contributed by atoms with Crippen LogP contribution in [0.4, 0.5) is 0 Å². The Kier molecular flexibility index (Phi) is 5.64. The molecule has 3 heterocycles. The Balaban J connectivity index is 1.36. The monoisotopic (exact) mass is 408 g/mol. The van der Waals surface area contributed by atoms with E-state index in [9.17, 15) is 4.79 Å². The molecule has 4 aromatic rings. The smallest absolute Gasteiger partial charge is 0.263 e. The van der Waals surface area contributed by atoms with Gasteiger partial charge in [-0.1, -0.05) is 36.4 Å². The zero-order chi connectivity index (χ0) is 19.3. The maximum absolute atomic E-state index is 12.6. The van der Waals surface area contributed by atoms with Gasteiger partial charge in [0.15, 0.2) is 0 Å². The van der Waals surface area contributed by atoms with Gasteiger partial charge in [0, 0.05) is 31.9 Å². The lowest BCUT2D eigenvalue weighted by molar-refractivity contribution is 0.0957. The normalized spacial score (nSPS) is 10.9. The van der Waals surface area contributed by atoms with Crippen LogP contribution in [-0.4, -0.2) is 27.0 Å². The number of imidazole rings is 1. The Labute approximate surface area is 171 Å². The zero-order valence-electron chi connectivity index (χ0n) is 15.5. The molecule has 0 saturated carbocycles. The summed E-state index contributed by atoms with van der Waals surface area (Å²) >= 11 is 3.08. The lowest BCUT2D eigenvalue weighted by atomic mass is 10.2. The van der Waals surface area contributed by atoms with Crippen LogP contribution in [0.3, 0.4) is 0 Å². The minimum absolute atomic E-state index is 0.0704. The van der Waals surface area contributed by atoms with Gasteiger partial charge < -0.3 is 9.88 Å². The van der Waals surface area contributed by atoms with Crippen LogP contribution in [0.2, 0.25) is 0 Å². The van der Waals surface area contributed by atoms with E-state index in [1.54, 1.807) is 17.5 Å². The molecular formula is C21H20N4OS2. The summed E-state index contributed by atoms with van der Waals surface area (Å²) < 4.78 is 2.12. The molecule has 0 aliphatic heterocycles. The summed E-state index contributed by atoms with van der Waals surface area (Å²) in [5.74, 6) is 0.892. The van der Waals surface area contributed by atoms with Crippen LogP contribution < -0.4 is 5.32 Å². The lowest BCUT2D eigenvalue weighted by Crippen LogP contribution is -2.26. The molecule has 1 aromatic carbocycles. The summed E-state index contributed by atoms with van der Waals surface area (Å²) in [5.41, 5.74) is 2.00. The van der Waals surface area contributed by atoms with Crippen LogP contribution in [0.25, 0.3) is 9.88 Å². The molecule has 0 saturated heterocycles. The largest absolute Gasteiger partial charge is 0.351 e. The predicted molar refractivity (Wildman–Crippen MR) is 114 cm³/mol. The van der Waals surface area contributed by atoms with E-state index >= 15 is 0 Å². The van der Waals surface area contributed by atoms with Crippen LogP contribution in [0.1, 0.15) is 26.8 Å². The van der Waals surface area contributed by atoms with Crippen molar-refractivity contribution < 1.29 is 4.79 Å². The molecule has 0 aliphatic carbocycles. The number of nitrogens with zero attached hydrogens (tertiary/aromatic N) is 3.